The maximum Gasteiger partial charge on any atom is 0.143 e. The molecule has 0 heterocycles. The van der Waals surface area contributed by atoms with Crippen LogP contribution in [0.1, 0.15) is 0 Å². The summed E-state index contributed by atoms with van der Waals surface area (Å²) < 4.78 is 5.65. The summed E-state index contributed by atoms with van der Waals surface area (Å²) in [5.41, 5.74) is 6.17. The van der Waals surface area contributed by atoms with Gasteiger partial charge in [0.15, 0.2) is 0 Å². The lowest BCUT2D eigenvalue weighted by Gasteiger charge is -2.06. The zero-order valence-corrected chi connectivity index (χ0v) is 8.24. The van der Waals surface area contributed by atoms with Gasteiger partial charge in [0.1, 0.15) is 5.75 Å². The van der Waals surface area contributed by atoms with E-state index in [0.29, 0.717) is 20.9 Å². The number of methoxy groups -OCH3 is 1. The molecule has 0 aliphatic rings. The van der Waals surface area contributed by atoms with Crippen molar-refractivity contribution in [2.24, 2.45) is 0 Å². The lowest BCUT2D eigenvalue weighted by Crippen LogP contribution is -1.93. The van der Waals surface area contributed by atoms with Crippen molar-refractivity contribution in [1.29, 1.82) is 0 Å². The number of nitrogen functional groups attached to an aromatic ring is 1. The van der Waals surface area contributed by atoms with Crippen LogP contribution in [-0.4, -0.2) is 7.11 Å². The molecule has 4 heteroatoms. The Morgan fingerprint density at radius 3 is 2.73 bits per heavy atom. The van der Waals surface area contributed by atoms with E-state index in [9.17, 15) is 0 Å². The fourth-order valence-corrected chi connectivity index (χ4v) is 1.22. The molecule has 0 aromatic heterocycles. The minimum atomic E-state index is 0.528. The first-order valence-corrected chi connectivity index (χ1v) is 4.11. The van der Waals surface area contributed by atoms with Crippen molar-refractivity contribution in [2.45, 2.75) is 0 Å². The van der Waals surface area contributed by atoms with Gasteiger partial charge in [0.2, 0.25) is 0 Å². The summed E-state index contributed by atoms with van der Waals surface area (Å²) >= 11 is 8.99. The molecule has 60 valence electrons. The molecule has 0 atom stereocenters. The smallest absolute Gasteiger partial charge is 0.143 e. The molecule has 1 aromatic carbocycles. The largest absolute Gasteiger partial charge is 0.495 e. The first-order chi connectivity index (χ1) is 5.16. The van der Waals surface area contributed by atoms with E-state index in [1.807, 2.05) is 0 Å². The summed E-state index contributed by atoms with van der Waals surface area (Å²) in [4.78, 5) is 0. The molecule has 1 aromatic rings. The van der Waals surface area contributed by atoms with E-state index in [4.69, 9.17) is 22.1 Å². The monoisotopic (exact) mass is 235 g/mol. The Kier molecular flexibility index (Phi) is 2.62. The average Bonchev–Trinajstić information content (AvgIpc) is 2.01. The van der Waals surface area contributed by atoms with E-state index in [1.165, 1.54) is 0 Å². The van der Waals surface area contributed by atoms with Gasteiger partial charge in [-0.3, -0.25) is 0 Å². The molecule has 0 fully saturated rings. The van der Waals surface area contributed by atoms with Crippen LogP contribution in [0.25, 0.3) is 0 Å². The van der Waals surface area contributed by atoms with Gasteiger partial charge in [-0.05, 0) is 28.1 Å². The minimum Gasteiger partial charge on any atom is -0.495 e. The Labute approximate surface area is 78.4 Å². The lowest BCUT2D eigenvalue weighted by atomic mass is 10.3. The van der Waals surface area contributed by atoms with Crippen LogP contribution in [0.3, 0.4) is 0 Å². The second-order valence-corrected chi connectivity index (χ2v) is 3.18. The van der Waals surface area contributed by atoms with Crippen molar-refractivity contribution in [2.75, 3.05) is 12.8 Å². The van der Waals surface area contributed by atoms with Gasteiger partial charge in [0.25, 0.3) is 0 Å². The summed E-state index contributed by atoms with van der Waals surface area (Å²) in [6.45, 7) is 0. The summed E-state index contributed by atoms with van der Waals surface area (Å²) in [7, 11) is 1.56. The second-order valence-electron chi connectivity index (χ2n) is 1.98. The number of rotatable bonds is 1. The number of hydrogen-bond donors (Lipinski definition) is 1. The van der Waals surface area contributed by atoms with E-state index in [0.717, 1.165) is 0 Å². The van der Waals surface area contributed by atoms with E-state index in [2.05, 4.69) is 15.9 Å². The highest BCUT2D eigenvalue weighted by Crippen LogP contribution is 2.35. The second kappa shape index (κ2) is 3.32. The molecule has 2 N–H and O–H groups in total. The van der Waals surface area contributed by atoms with Gasteiger partial charge in [-0.15, -0.1) is 0 Å². The molecule has 0 unspecified atom stereocenters. The molecule has 0 aliphatic carbocycles. The lowest BCUT2D eigenvalue weighted by molar-refractivity contribution is 0.417. The fourth-order valence-electron chi connectivity index (χ4n) is 0.727. The van der Waals surface area contributed by atoms with Gasteiger partial charge >= 0.3 is 0 Å². The number of benzene rings is 1. The summed E-state index contributed by atoms with van der Waals surface area (Å²) in [5, 5.41) is 0.586. The van der Waals surface area contributed by atoms with Crippen molar-refractivity contribution in [3.05, 3.63) is 21.6 Å². The Hall–Kier alpha value is -0.410. The van der Waals surface area contributed by atoms with E-state index >= 15 is 0 Å². The molecule has 0 radical (unpaired) electrons. The molecular weight excluding hydrogens is 229 g/mol. The third-order valence-corrected chi connectivity index (χ3v) is 2.71. The van der Waals surface area contributed by atoms with Gasteiger partial charge in [0.05, 0.1) is 22.3 Å². The zero-order chi connectivity index (χ0) is 8.43. The van der Waals surface area contributed by atoms with Crippen molar-refractivity contribution >= 4 is 33.2 Å². The summed E-state index contributed by atoms with van der Waals surface area (Å²) in [6.07, 6.45) is 0. The highest BCUT2D eigenvalue weighted by molar-refractivity contribution is 9.10. The van der Waals surface area contributed by atoms with Gasteiger partial charge in [-0.1, -0.05) is 11.6 Å². The summed E-state index contributed by atoms with van der Waals surface area (Å²) in [6, 6.07) is 3.45. The SMILES string of the molecule is COc1ccc(Cl)c(Br)c1N. The average molecular weight is 236 g/mol. The highest BCUT2D eigenvalue weighted by Gasteiger charge is 2.05. The van der Waals surface area contributed by atoms with Crippen molar-refractivity contribution in [1.82, 2.24) is 0 Å². The fraction of sp³-hybridized carbons (Fsp3) is 0.143. The van der Waals surface area contributed by atoms with Crippen molar-refractivity contribution in [3.8, 4) is 5.75 Å². The molecule has 0 saturated heterocycles. The molecule has 0 aliphatic heterocycles. The number of anilines is 1. The van der Waals surface area contributed by atoms with Crippen LogP contribution in [0.4, 0.5) is 5.69 Å². The van der Waals surface area contributed by atoms with Crippen LogP contribution in [0.15, 0.2) is 16.6 Å². The molecule has 0 bridgehead atoms. The van der Waals surface area contributed by atoms with Crippen molar-refractivity contribution in [3.63, 3.8) is 0 Å². The summed E-state index contributed by atoms with van der Waals surface area (Å²) in [5.74, 6) is 0.626. The van der Waals surface area contributed by atoms with Gasteiger partial charge in [-0.25, -0.2) is 0 Å². The molecule has 2 nitrogen and oxygen atoms in total. The predicted molar refractivity (Wildman–Crippen MR) is 50.1 cm³/mol. The topological polar surface area (TPSA) is 35.2 Å². The zero-order valence-electron chi connectivity index (χ0n) is 5.90. The van der Waals surface area contributed by atoms with Crippen molar-refractivity contribution < 1.29 is 4.74 Å². The number of hydrogen-bond acceptors (Lipinski definition) is 2. The molecule has 11 heavy (non-hydrogen) atoms. The van der Waals surface area contributed by atoms with Crippen LogP contribution in [0, 0.1) is 0 Å². The Morgan fingerprint density at radius 2 is 2.18 bits per heavy atom. The Bertz CT molecular complexity index is 277. The quantitative estimate of drug-likeness (QED) is 0.761. The first kappa shape index (κ1) is 8.68. The Balaban J connectivity index is 3.25. The predicted octanol–water partition coefficient (Wildman–Crippen LogP) is 2.69. The maximum atomic E-state index is 5.76. The first-order valence-electron chi connectivity index (χ1n) is 2.94. The van der Waals surface area contributed by atoms with Gasteiger partial charge < -0.3 is 10.5 Å². The maximum absolute atomic E-state index is 5.76. The van der Waals surface area contributed by atoms with Crippen LogP contribution in [0.2, 0.25) is 5.02 Å². The third kappa shape index (κ3) is 1.60. The Morgan fingerprint density at radius 1 is 1.55 bits per heavy atom. The van der Waals surface area contributed by atoms with E-state index in [-0.39, 0.29) is 0 Å². The molecule has 0 amide bonds. The third-order valence-electron chi connectivity index (χ3n) is 1.31. The molecular formula is C7H7BrClNO. The minimum absolute atomic E-state index is 0.528. The van der Waals surface area contributed by atoms with Crippen LogP contribution >= 0.6 is 27.5 Å². The van der Waals surface area contributed by atoms with Crippen LogP contribution < -0.4 is 10.5 Å². The molecule has 0 spiro atoms. The highest BCUT2D eigenvalue weighted by atomic mass is 79.9. The molecule has 0 saturated carbocycles. The van der Waals surface area contributed by atoms with Gasteiger partial charge in [0, 0.05) is 0 Å². The number of ether oxygens (including phenoxy) is 1. The van der Waals surface area contributed by atoms with Crippen LogP contribution in [0.5, 0.6) is 5.75 Å². The number of nitrogens with two attached hydrogens (primary N) is 1. The van der Waals surface area contributed by atoms with E-state index in [1.54, 1.807) is 19.2 Å². The van der Waals surface area contributed by atoms with Crippen LogP contribution in [-0.2, 0) is 0 Å². The standard InChI is InChI=1S/C7H7BrClNO/c1-11-5-3-2-4(9)6(8)7(5)10/h2-3H,10H2,1H3. The normalized spacial score (nSPS) is 9.73. The van der Waals surface area contributed by atoms with E-state index < -0.39 is 0 Å². The van der Waals surface area contributed by atoms with Gasteiger partial charge in [-0.2, -0.15) is 0 Å². The number of halogens is 2. The molecule has 1 rings (SSSR count).